The maximum Gasteiger partial charge on any atom is 0.344 e. The molecule has 0 aromatic heterocycles. The van der Waals surface area contributed by atoms with Crippen LogP contribution in [-0.4, -0.2) is 12.6 Å². The number of carbonyl (C=O) groups is 1. The van der Waals surface area contributed by atoms with Crippen molar-refractivity contribution >= 4 is 21.9 Å². The highest BCUT2D eigenvalue weighted by Gasteiger charge is 2.05. The number of ether oxygens (including phenoxy) is 2. The van der Waals surface area contributed by atoms with E-state index in [1.165, 1.54) is 0 Å². The minimum atomic E-state index is -0.383. The standard InChI is InChI=1S/C16H15BrO3/c1-12-7-14(17)9-15(8-12)19-11-16(18)20-10-13-5-3-2-4-6-13/h2-9H,10-11H2,1H3. The fourth-order valence-corrected chi connectivity index (χ4v) is 2.29. The average Bonchev–Trinajstić information content (AvgIpc) is 2.43. The molecule has 0 atom stereocenters. The van der Waals surface area contributed by atoms with Crippen LogP contribution in [0.2, 0.25) is 0 Å². The van der Waals surface area contributed by atoms with Crippen molar-refractivity contribution in [2.45, 2.75) is 13.5 Å². The van der Waals surface area contributed by atoms with Gasteiger partial charge < -0.3 is 9.47 Å². The molecular weight excluding hydrogens is 320 g/mol. The predicted molar refractivity (Wildman–Crippen MR) is 80.6 cm³/mol. The number of esters is 1. The Hall–Kier alpha value is -1.81. The molecule has 0 fully saturated rings. The first kappa shape index (κ1) is 14.6. The molecule has 0 aliphatic carbocycles. The van der Waals surface area contributed by atoms with Gasteiger partial charge in [-0.25, -0.2) is 4.79 Å². The number of aryl methyl sites for hydroxylation is 1. The number of hydrogen-bond donors (Lipinski definition) is 0. The lowest BCUT2D eigenvalue weighted by atomic mass is 10.2. The Labute approximate surface area is 126 Å². The van der Waals surface area contributed by atoms with Crippen molar-refractivity contribution in [1.29, 1.82) is 0 Å². The highest BCUT2D eigenvalue weighted by molar-refractivity contribution is 9.10. The Kier molecular flexibility index (Phi) is 5.18. The third kappa shape index (κ3) is 4.70. The average molecular weight is 335 g/mol. The van der Waals surface area contributed by atoms with Crippen LogP contribution in [0.3, 0.4) is 0 Å². The van der Waals surface area contributed by atoms with Crippen LogP contribution in [0.4, 0.5) is 0 Å². The zero-order valence-corrected chi connectivity index (χ0v) is 12.7. The molecule has 0 amide bonds. The van der Waals surface area contributed by atoms with Crippen molar-refractivity contribution in [3.8, 4) is 5.75 Å². The van der Waals surface area contributed by atoms with Gasteiger partial charge in [-0.15, -0.1) is 0 Å². The molecule has 0 aliphatic heterocycles. The van der Waals surface area contributed by atoms with Gasteiger partial charge in [0.1, 0.15) is 12.4 Å². The first-order chi connectivity index (χ1) is 9.63. The van der Waals surface area contributed by atoms with E-state index in [2.05, 4.69) is 15.9 Å². The van der Waals surface area contributed by atoms with E-state index in [1.807, 2.05) is 55.5 Å². The van der Waals surface area contributed by atoms with E-state index >= 15 is 0 Å². The predicted octanol–water partition coefficient (Wildman–Crippen LogP) is 3.88. The van der Waals surface area contributed by atoms with Crippen LogP contribution in [-0.2, 0) is 16.1 Å². The van der Waals surface area contributed by atoms with Crippen LogP contribution in [0, 0.1) is 6.92 Å². The summed E-state index contributed by atoms with van der Waals surface area (Å²) in [6.45, 7) is 2.13. The van der Waals surface area contributed by atoms with Gasteiger partial charge in [0.05, 0.1) is 0 Å². The molecule has 0 heterocycles. The van der Waals surface area contributed by atoms with Crippen molar-refractivity contribution in [1.82, 2.24) is 0 Å². The van der Waals surface area contributed by atoms with Crippen LogP contribution < -0.4 is 4.74 Å². The molecule has 0 spiro atoms. The Morgan fingerprint density at radius 3 is 2.60 bits per heavy atom. The van der Waals surface area contributed by atoms with Crippen molar-refractivity contribution < 1.29 is 14.3 Å². The van der Waals surface area contributed by atoms with Gasteiger partial charge in [-0.3, -0.25) is 0 Å². The topological polar surface area (TPSA) is 35.5 Å². The van der Waals surface area contributed by atoms with E-state index < -0.39 is 0 Å². The summed E-state index contributed by atoms with van der Waals surface area (Å²) in [5.74, 6) is 0.264. The highest BCUT2D eigenvalue weighted by atomic mass is 79.9. The van der Waals surface area contributed by atoms with Gasteiger partial charge in [0.15, 0.2) is 6.61 Å². The lowest BCUT2D eigenvalue weighted by Crippen LogP contribution is -2.14. The first-order valence-electron chi connectivity index (χ1n) is 6.23. The normalized spacial score (nSPS) is 10.1. The lowest BCUT2D eigenvalue weighted by Gasteiger charge is -2.08. The Morgan fingerprint density at radius 2 is 1.90 bits per heavy atom. The third-order valence-corrected chi connectivity index (χ3v) is 3.07. The molecule has 0 unspecified atom stereocenters. The Balaban J connectivity index is 1.80. The van der Waals surface area contributed by atoms with Crippen molar-refractivity contribution in [3.63, 3.8) is 0 Å². The number of rotatable bonds is 5. The van der Waals surface area contributed by atoms with Gasteiger partial charge in [-0.05, 0) is 36.2 Å². The largest absolute Gasteiger partial charge is 0.482 e. The quantitative estimate of drug-likeness (QED) is 0.778. The molecule has 0 radical (unpaired) electrons. The van der Waals surface area contributed by atoms with Crippen LogP contribution in [0.25, 0.3) is 0 Å². The zero-order valence-electron chi connectivity index (χ0n) is 11.1. The maximum atomic E-state index is 11.6. The molecule has 4 heteroatoms. The van der Waals surface area contributed by atoms with Gasteiger partial charge in [0.25, 0.3) is 0 Å². The second-order valence-corrected chi connectivity index (χ2v) is 5.31. The van der Waals surface area contributed by atoms with E-state index in [4.69, 9.17) is 9.47 Å². The fourth-order valence-electron chi connectivity index (χ4n) is 1.71. The maximum absolute atomic E-state index is 11.6. The monoisotopic (exact) mass is 334 g/mol. The SMILES string of the molecule is Cc1cc(Br)cc(OCC(=O)OCc2ccccc2)c1. The second kappa shape index (κ2) is 7.10. The Morgan fingerprint density at radius 1 is 1.15 bits per heavy atom. The summed E-state index contributed by atoms with van der Waals surface area (Å²) in [5.41, 5.74) is 2.02. The zero-order chi connectivity index (χ0) is 14.4. The first-order valence-corrected chi connectivity index (χ1v) is 7.02. The number of halogens is 1. The molecule has 2 aromatic rings. The van der Waals surface area contributed by atoms with Gasteiger partial charge in [-0.2, -0.15) is 0 Å². The molecule has 0 saturated carbocycles. The van der Waals surface area contributed by atoms with Gasteiger partial charge in [0, 0.05) is 4.47 Å². The summed E-state index contributed by atoms with van der Waals surface area (Å²) in [6.07, 6.45) is 0. The fraction of sp³-hybridized carbons (Fsp3) is 0.188. The number of benzene rings is 2. The van der Waals surface area contributed by atoms with Crippen molar-refractivity contribution in [2.24, 2.45) is 0 Å². The van der Waals surface area contributed by atoms with Crippen molar-refractivity contribution in [2.75, 3.05) is 6.61 Å². The van der Waals surface area contributed by atoms with Gasteiger partial charge in [-0.1, -0.05) is 46.3 Å². The summed E-state index contributed by atoms with van der Waals surface area (Å²) in [5, 5.41) is 0. The summed E-state index contributed by atoms with van der Waals surface area (Å²) in [7, 11) is 0. The smallest absolute Gasteiger partial charge is 0.344 e. The van der Waals surface area contributed by atoms with E-state index in [9.17, 15) is 4.79 Å². The van der Waals surface area contributed by atoms with Gasteiger partial charge >= 0.3 is 5.97 Å². The van der Waals surface area contributed by atoms with Crippen LogP contribution in [0.5, 0.6) is 5.75 Å². The minimum absolute atomic E-state index is 0.0945. The molecule has 2 aromatic carbocycles. The molecule has 0 saturated heterocycles. The van der Waals surface area contributed by atoms with E-state index in [-0.39, 0.29) is 19.2 Å². The summed E-state index contributed by atoms with van der Waals surface area (Å²) >= 11 is 3.39. The van der Waals surface area contributed by atoms with Crippen LogP contribution in [0.15, 0.2) is 53.0 Å². The number of carbonyl (C=O) groups excluding carboxylic acids is 1. The van der Waals surface area contributed by atoms with E-state index in [0.717, 1.165) is 15.6 Å². The summed E-state index contributed by atoms with van der Waals surface area (Å²) in [4.78, 5) is 11.6. The third-order valence-electron chi connectivity index (χ3n) is 2.61. The highest BCUT2D eigenvalue weighted by Crippen LogP contribution is 2.20. The van der Waals surface area contributed by atoms with E-state index in [1.54, 1.807) is 0 Å². The molecule has 0 bridgehead atoms. The summed E-state index contributed by atoms with van der Waals surface area (Å²) in [6, 6.07) is 15.2. The molecular formula is C16H15BrO3. The second-order valence-electron chi connectivity index (χ2n) is 4.40. The van der Waals surface area contributed by atoms with Crippen LogP contribution in [0.1, 0.15) is 11.1 Å². The number of hydrogen-bond acceptors (Lipinski definition) is 3. The molecule has 0 aliphatic rings. The van der Waals surface area contributed by atoms with E-state index in [0.29, 0.717) is 5.75 Å². The molecule has 2 rings (SSSR count). The molecule has 3 nitrogen and oxygen atoms in total. The van der Waals surface area contributed by atoms with Gasteiger partial charge in [0.2, 0.25) is 0 Å². The lowest BCUT2D eigenvalue weighted by molar-refractivity contribution is -0.147. The molecule has 0 N–H and O–H groups in total. The summed E-state index contributed by atoms with van der Waals surface area (Å²) < 4.78 is 11.5. The molecule has 104 valence electrons. The molecule has 20 heavy (non-hydrogen) atoms. The van der Waals surface area contributed by atoms with Crippen molar-refractivity contribution in [3.05, 3.63) is 64.1 Å². The van der Waals surface area contributed by atoms with Crippen LogP contribution >= 0.6 is 15.9 Å². The Bertz CT molecular complexity index is 561. The minimum Gasteiger partial charge on any atom is -0.482 e.